The summed E-state index contributed by atoms with van der Waals surface area (Å²) in [5.74, 6) is 3.03. The number of fused-ring (bicyclic) bond motifs is 5. The number of hydrogen-bond donors (Lipinski definition) is 0. The Balaban J connectivity index is 0.000000178. The molecule has 0 radical (unpaired) electrons. The van der Waals surface area contributed by atoms with Crippen LogP contribution in [0, 0.1) is 0 Å². The molecule has 0 amide bonds. The van der Waals surface area contributed by atoms with Crippen molar-refractivity contribution in [2.45, 2.75) is 12.8 Å². The lowest BCUT2D eigenvalue weighted by molar-refractivity contribution is 0.198. The second-order valence-electron chi connectivity index (χ2n) is 16.6. The summed E-state index contributed by atoms with van der Waals surface area (Å²) in [6.45, 7) is 2.00. The summed E-state index contributed by atoms with van der Waals surface area (Å²) in [5.41, 5.74) is 8.39. The van der Waals surface area contributed by atoms with Crippen molar-refractivity contribution in [1.82, 2.24) is 29.9 Å². The maximum atomic E-state index is 6.78. The average molecular weight is 915 g/mol. The molecule has 0 bridgehead atoms. The number of aromatic nitrogens is 6. The van der Waals surface area contributed by atoms with E-state index >= 15 is 0 Å². The molecular weight excluding hydrogens is 872 g/mol. The molecule has 9 heteroatoms. The molecule has 9 aromatic carbocycles. The highest BCUT2D eigenvalue weighted by atomic mass is 35.5. The Bertz CT molecular complexity index is 3590. The van der Waals surface area contributed by atoms with Gasteiger partial charge in [0, 0.05) is 57.4 Å². The molecule has 1 saturated heterocycles. The minimum atomic E-state index is 0.202. The van der Waals surface area contributed by atoms with Crippen molar-refractivity contribution in [3.8, 4) is 68.1 Å². The van der Waals surface area contributed by atoms with Crippen LogP contribution in [0.5, 0.6) is 0 Å². The number of rotatable bonds is 6. The average Bonchev–Trinajstić information content (AvgIpc) is 4.14. The molecule has 1 fully saturated rings. The zero-order chi connectivity index (χ0) is 46.4. The number of ether oxygens (including phenoxy) is 1. The Labute approximate surface area is 404 Å². The van der Waals surface area contributed by atoms with E-state index in [4.69, 9.17) is 35.7 Å². The van der Waals surface area contributed by atoms with Gasteiger partial charge in [-0.25, -0.2) is 19.9 Å². The van der Waals surface area contributed by atoms with Crippen LogP contribution in [0.1, 0.15) is 12.8 Å². The predicted molar refractivity (Wildman–Crippen MR) is 280 cm³/mol. The molecule has 69 heavy (non-hydrogen) atoms. The normalized spacial score (nSPS) is 12.1. The van der Waals surface area contributed by atoms with E-state index in [9.17, 15) is 0 Å². The van der Waals surface area contributed by atoms with Crippen LogP contribution in [0.4, 0.5) is 0 Å². The smallest absolute Gasteiger partial charge is 0.226 e. The zero-order valence-corrected chi connectivity index (χ0v) is 38.2. The Morgan fingerprint density at radius 3 is 1.26 bits per heavy atom. The maximum Gasteiger partial charge on any atom is 0.226 e. The first-order chi connectivity index (χ1) is 34.1. The van der Waals surface area contributed by atoms with Gasteiger partial charge >= 0.3 is 0 Å². The van der Waals surface area contributed by atoms with Crippen LogP contribution in [0.3, 0.4) is 0 Å². The lowest BCUT2D eigenvalue weighted by Gasteiger charge is -2.11. The molecular formula is C60H43ClN6O2. The SMILES string of the molecule is C1CCOC1.Clc1nc(-c2ccccc2)nc(-c2ccccc2)n1.c1ccc(-c2nc(-c3ccccc3)nc(-c3ccc(-c4ccc5ccccc5c4)c4oc5cc6ccccc6cc5c34)n2)cc1. The Morgan fingerprint density at radius 1 is 0.348 bits per heavy atom. The zero-order valence-electron chi connectivity index (χ0n) is 37.4. The van der Waals surface area contributed by atoms with Crippen molar-refractivity contribution < 1.29 is 9.15 Å². The maximum absolute atomic E-state index is 6.78. The van der Waals surface area contributed by atoms with Gasteiger partial charge in [-0.3, -0.25) is 0 Å². The van der Waals surface area contributed by atoms with Crippen LogP contribution in [0.25, 0.3) is 112 Å². The fourth-order valence-corrected chi connectivity index (χ4v) is 8.72. The van der Waals surface area contributed by atoms with E-state index in [1.807, 2.05) is 121 Å². The van der Waals surface area contributed by atoms with Gasteiger partial charge in [-0.1, -0.05) is 182 Å². The van der Waals surface area contributed by atoms with E-state index in [0.29, 0.717) is 29.1 Å². The van der Waals surface area contributed by atoms with Crippen LogP contribution in [-0.2, 0) is 4.74 Å². The monoisotopic (exact) mass is 914 g/mol. The first-order valence-electron chi connectivity index (χ1n) is 23.0. The summed E-state index contributed by atoms with van der Waals surface area (Å²) in [4.78, 5) is 27.9. The molecule has 0 atom stereocenters. The summed E-state index contributed by atoms with van der Waals surface area (Å²) in [6, 6.07) is 71.6. The lowest BCUT2D eigenvalue weighted by Crippen LogP contribution is -2.00. The van der Waals surface area contributed by atoms with Crippen molar-refractivity contribution in [3.05, 3.63) is 218 Å². The second kappa shape index (κ2) is 19.8. The van der Waals surface area contributed by atoms with E-state index in [1.54, 1.807) is 0 Å². The van der Waals surface area contributed by atoms with Crippen LogP contribution in [0.2, 0.25) is 5.28 Å². The number of halogens is 1. The van der Waals surface area contributed by atoms with Crippen LogP contribution >= 0.6 is 11.6 Å². The summed E-state index contributed by atoms with van der Waals surface area (Å²) in [6.07, 6.45) is 2.56. The molecule has 8 nitrogen and oxygen atoms in total. The van der Waals surface area contributed by atoms with Gasteiger partial charge in [0.05, 0.1) is 0 Å². The van der Waals surface area contributed by atoms with E-state index in [-0.39, 0.29) is 5.28 Å². The summed E-state index contributed by atoms with van der Waals surface area (Å²) in [5, 5.41) is 6.90. The third kappa shape index (κ3) is 9.45. The minimum absolute atomic E-state index is 0.202. The minimum Gasteiger partial charge on any atom is -0.455 e. The molecule has 0 spiro atoms. The molecule has 1 aliphatic heterocycles. The molecule has 12 aromatic rings. The van der Waals surface area contributed by atoms with E-state index in [2.05, 4.69) is 106 Å². The number of nitrogens with zero attached hydrogens (tertiary/aromatic N) is 6. The van der Waals surface area contributed by atoms with Gasteiger partial charge in [0.25, 0.3) is 0 Å². The summed E-state index contributed by atoms with van der Waals surface area (Å²) >= 11 is 5.99. The van der Waals surface area contributed by atoms with Crippen LogP contribution in [0.15, 0.2) is 217 Å². The van der Waals surface area contributed by atoms with Gasteiger partial charge in [-0.05, 0) is 81.9 Å². The van der Waals surface area contributed by atoms with E-state index in [0.717, 1.165) is 84.9 Å². The van der Waals surface area contributed by atoms with Gasteiger partial charge in [0.2, 0.25) is 5.28 Å². The first kappa shape index (κ1) is 43.2. The number of hydrogen-bond acceptors (Lipinski definition) is 8. The fraction of sp³-hybridized carbons (Fsp3) is 0.0667. The number of furan rings is 1. The molecule has 4 heterocycles. The van der Waals surface area contributed by atoms with Gasteiger partial charge in [-0.15, -0.1) is 0 Å². The van der Waals surface area contributed by atoms with Gasteiger partial charge < -0.3 is 9.15 Å². The van der Waals surface area contributed by atoms with Crippen LogP contribution < -0.4 is 0 Å². The van der Waals surface area contributed by atoms with E-state index < -0.39 is 0 Å². The third-order valence-corrected chi connectivity index (χ3v) is 12.2. The van der Waals surface area contributed by atoms with Crippen LogP contribution in [-0.4, -0.2) is 43.1 Å². The third-order valence-electron chi connectivity index (χ3n) is 12.0. The summed E-state index contributed by atoms with van der Waals surface area (Å²) in [7, 11) is 0. The fourth-order valence-electron chi connectivity index (χ4n) is 8.56. The molecule has 0 aliphatic carbocycles. The highest BCUT2D eigenvalue weighted by Crippen LogP contribution is 2.43. The van der Waals surface area contributed by atoms with E-state index in [1.165, 1.54) is 23.6 Å². The highest BCUT2D eigenvalue weighted by molar-refractivity contribution is 6.28. The quantitative estimate of drug-likeness (QED) is 0.163. The topological polar surface area (TPSA) is 99.7 Å². The van der Waals surface area contributed by atoms with Crippen molar-refractivity contribution in [2.24, 2.45) is 0 Å². The molecule has 13 rings (SSSR count). The number of benzene rings is 9. The second-order valence-corrected chi connectivity index (χ2v) is 16.9. The molecule has 0 N–H and O–H groups in total. The predicted octanol–water partition coefficient (Wildman–Crippen LogP) is 15.4. The van der Waals surface area contributed by atoms with Gasteiger partial charge in [-0.2, -0.15) is 9.97 Å². The van der Waals surface area contributed by atoms with Crippen molar-refractivity contribution in [3.63, 3.8) is 0 Å². The Morgan fingerprint density at radius 2 is 0.768 bits per heavy atom. The van der Waals surface area contributed by atoms with Crippen molar-refractivity contribution in [2.75, 3.05) is 13.2 Å². The molecule has 3 aromatic heterocycles. The van der Waals surface area contributed by atoms with Gasteiger partial charge in [0.1, 0.15) is 11.2 Å². The van der Waals surface area contributed by atoms with Crippen molar-refractivity contribution in [1.29, 1.82) is 0 Å². The Hall–Kier alpha value is -8.43. The molecule has 332 valence electrons. The highest BCUT2D eigenvalue weighted by Gasteiger charge is 2.21. The standard InChI is InChI=1S/C41H25N3O.C15H10ClN3.C4H8O/c1-3-12-27(13-4-1)39-42-40(28-14-5-2-6-15-28)44-41(43-39)34-22-21-33(32-20-19-26-11-7-8-16-29(26)23-32)38-37(34)35-24-30-17-9-10-18-31(30)25-36(35)45-38;16-15-18-13(11-7-3-1-4-8-11)17-14(19-15)12-9-5-2-6-10-12;1-2-4-5-3-1/h1-25H;1-10H;1-4H2. The first-order valence-corrected chi connectivity index (χ1v) is 23.3. The molecule has 0 unspecified atom stereocenters. The van der Waals surface area contributed by atoms with Crippen molar-refractivity contribution >= 4 is 55.1 Å². The van der Waals surface area contributed by atoms with Gasteiger partial charge in [0.15, 0.2) is 29.1 Å². The lowest BCUT2D eigenvalue weighted by atomic mass is 9.96. The summed E-state index contributed by atoms with van der Waals surface area (Å²) < 4.78 is 11.7. The largest absolute Gasteiger partial charge is 0.455 e. The molecule has 1 aliphatic rings. The Kier molecular flexibility index (Phi) is 12.4. The molecule has 0 saturated carbocycles.